The lowest BCUT2D eigenvalue weighted by molar-refractivity contribution is 0.0959. The number of nitrogens with one attached hydrogen (secondary N) is 2. The summed E-state index contributed by atoms with van der Waals surface area (Å²) in [6.07, 6.45) is 1.55. The van der Waals surface area contributed by atoms with Crippen LogP contribution in [0, 0.1) is 5.82 Å². The summed E-state index contributed by atoms with van der Waals surface area (Å²) in [4.78, 5) is 24.1. The van der Waals surface area contributed by atoms with Crippen molar-refractivity contribution in [3.05, 3.63) is 78.1 Å². The van der Waals surface area contributed by atoms with Gasteiger partial charge in [-0.25, -0.2) is 4.39 Å². The lowest BCUT2D eigenvalue weighted by Crippen LogP contribution is -2.25. The van der Waals surface area contributed by atoms with Gasteiger partial charge in [-0.2, -0.15) is 0 Å². The molecule has 0 spiro atoms. The van der Waals surface area contributed by atoms with Gasteiger partial charge in [0, 0.05) is 6.54 Å². The molecule has 2 rings (SSSR count). The summed E-state index contributed by atoms with van der Waals surface area (Å²) in [6.45, 7) is 3.83. The zero-order valence-corrected chi connectivity index (χ0v) is 11.8. The summed E-state index contributed by atoms with van der Waals surface area (Å²) < 4.78 is 13.6. The van der Waals surface area contributed by atoms with Crippen molar-refractivity contribution in [2.24, 2.45) is 0 Å². The van der Waals surface area contributed by atoms with E-state index in [4.69, 9.17) is 0 Å². The predicted molar refractivity (Wildman–Crippen MR) is 83.3 cm³/mol. The van der Waals surface area contributed by atoms with Crippen LogP contribution in [0.2, 0.25) is 0 Å². The molecule has 0 atom stereocenters. The number of anilines is 1. The number of rotatable bonds is 5. The molecule has 0 radical (unpaired) electrons. The molecule has 4 nitrogen and oxygen atoms in total. The summed E-state index contributed by atoms with van der Waals surface area (Å²) >= 11 is 0. The number of halogens is 1. The fourth-order valence-electron chi connectivity index (χ4n) is 1.89. The zero-order chi connectivity index (χ0) is 15.9. The monoisotopic (exact) mass is 298 g/mol. The first-order valence-electron chi connectivity index (χ1n) is 6.67. The summed E-state index contributed by atoms with van der Waals surface area (Å²) in [6, 6.07) is 12.2. The molecule has 0 aliphatic carbocycles. The van der Waals surface area contributed by atoms with E-state index in [0.29, 0.717) is 17.8 Å². The van der Waals surface area contributed by atoms with E-state index in [1.54, 1.807) is 36.4 Å². The van der Waals surface area contributed by atoms with Crippen molar-refractivity contribution in [3.63, 3.8) is 0 Å². The van der Waals surface area contributed by atoms with Gasteiger partial charge in [0.1, 0.15) is 5.82 Å². The highest BCUT2D eigenvalue weighted by molar-refractivity contribution is 6.09. The molecule has 2 aromatic carbocycles. The second kappa shape index (κ2) is 7.17. The third-order valence-electron chi connectivity index (χ3n) is 2.95. The molecule has 0 saturated heterocycles. The van der Waals surface area contributed by atoms with Crippen LogP contribution < -0.4 is 10.6 Å². The number of para-hydroxylation sites is 1. The van der Waals surface area contributed by atoms with Gasteiger partial charge in [0.25, 0.3) is 11.8 Å². The van der Waals surface area contributed by atoms with Gasteiger partial charge in [0.15, 0.2) is 0 Å². The van der Waals surface area contributed by atoms with Crippen molar-refractivity contribution in [1.29, 1.82) is 0 Å². The van der Waals surface area contributed by atoms with Crippen molar-refractivity contribution in [3.8, 4) is 0 Å². The molecular weight excluding hydrogens is 283 g/mol. The normalized spacial score (nSPS) is 9.86. The number of hydrogen-bond acceptors (Lipinski definition) is 2. The smallest absolute Gasteiger partial charge is 0.258 e. The Bertz CT molecular complexity index is 713. The maximum Gasteiger partial charge on any atom is 0.258 e. The van der Waals surface area contributed by atoms with Crippen LogP contribution >= 0.6 is 0 Å². The molecule has 0 saturated carbocycles. The minimum atomic E-state index is -0.617. The van der Waals surface area contributed by atoms with Crippen LogP contribution in [0.5, 0.6) is 0 Å². The molecular formula is C17H15FN2O2. The maximum absolute atomic E-state index is 13.6. The highest BCUT2D eigenvalue weighted by Crippen LogP contribution is 2.17. The van der Waals surface area contributed by atoms with Crippen LogP contribution in [-0.2, 0) is 0 Å². The van der Waals surface area contributed by atoms with Crippen LogP contribution in [-0.4, -0.2) is 18.4 Å². The van der Waals surface area contributed by atoms with Gasteiger partial charge in [0.05, 0.1) is 16.8 Å². The second-order valence-corrected chi connectivity index (χ2v) is 4.48. The Balaban J connectivity index is 2.23. The first-order chi connectivity index (χ1) is 10.6. The third kappa shape index (κ3) is 3.58. The second-order valence-electron chi connectivity index (χ2n) is 4.48. The molecule has 5 heteroatoms. The quantitative estimate of drug-likeness (QED) is 0.834. The van der Waals surface area contributed by atoms with Crippen molar-refractivity contribution >= 4 is 17.5 Å². The SMILES string of the molecule is C=CCNC(=O)c1ccccc1NC(=O)c1ccccc1F. The molecule has 0 unspecified atom stereocenters. The number of amides is 2. The van der Waals surface area contributed by atoms with E-state index in [1.807, 2.05) is 0 Å². The van der Waals surface area contributed by atoms with Gasteiger partial charge >= 0.3 is 0 Å². The molecule has 22 heavy (non-hydrogen) atoms. The number of carbonyl (C=O) groups is 2. The lowest BCUT2D eigenvalue weighted by atomic mass is 10.1. The molecule has 112 valence electrons. The van der Waals surface area contributed by atoms with Gasteiger partial charge in [0.2, 0.25) is 0 Å². The van der Waals surface area contributed by atoms with Gasteiger partial charge in [-0.05, 0) is 24.3 Å². The van der Waals surface area contributed by atoms with Gasteiger partial charge in [-0.1, -0.05) is 30.3 Å². The van der Waals surface area contributed by atoms with Crippen LogP contribution in [0.15, 0.2) is 61.2 Å². The lowest BCUT2D eigenvalue weighted by Gasteiger charge is -2.11. The average molecular weight is 298 g/mol. The average Bonchev–Trinajstić information content (AvgIpc) is 2.53. The van der Waals surface area contributed by atoms with Gasteiger partial charge in [-0.15, -0.1) is 6.58 Å². The summed E-state index contributed by atoms with van der Waals surface area (Å²) in [5.41, 5.74) is 0.537. The van der Waals surface area contributed by atoms with Crippen LogP contribution in [0.4, 0.5) is 10.1 Å². The first-order valence-corrected chi connectivity index (χ1v) is 6.67. The molecule has 0 heterocycles. The minimum absolute atomic E-state index is 0.0798. The predicted octanol–water partition coefficient (Wildman–Crippen LogP) is 2.99. The van der Waals surface area contributed by atoms with Gasteiger partial charge in [-0.3, -0.25) is 9.59 Å². The molecule has 0 aliphatic heterocycles. The Morgan fingerprint density at radius 3 is 2.32 bits per heavy atom. The van der Waals surface area contributed by atoms with E-state index in [-0.39, 0.29) is 11.5 Å². The molecule has 2 amide bonds. The minimum Gasteiger partial charge on any atom is -0.349 e. The first kappa shape index (κ1) is 15.4. The van der Waals surface area contributed by atoms with E-state index in [9.17, 15) is 14.0 Å². The molecule has 0 fully saturated rings. The van der Waals surface area contributed by atoms with E-state index >= 15 is 0 Å². The highest BCUT2D eigenvalue weighted by atomic mass is 19.1. The van der Waals surface area contributed by atoms with Crippen molar-refractivity contribution in [2.45, 2.75) is 0 Å². The van der Waals surface area contributed by atoms with Gasteiger partial charge < -0.3 is 10.6 Å². The van der Waals surface area contributed by atoms with Crippen molar-refractivity contribution in [2.75, 3.05) is 11.9 Å². The summed E-state index contributed by atoms with van der Waals surface area (Å²) in [5, 5.41) is 5.19. The van der Waals surface area contributed by atoms with E-state index in [0.717, 1.165) is 0 Å². The number of benzene rings is 2. The Morgan fingerprint density at radius 2 is 1.64 bits per heavy atom. The topological polar surface area (TPSA) is 58.2 Å². The Morgan fingerprint density at radius 1 is 1.00 bits per heavy atom. The standard InChI is InChI=1S/C17H15FN2O2/c1-2-11-19-16(21)13-8-4-6-10-15(13)20-17(22)12-7-3-5-9-14(12)18/h2-10H,1,11H2,(H,19,21)(H,20,22). The molecule has 0 bridgehead atoms. The maximum atomic E-state index is 13.6. The van der Waals surface area contributed by atoms with E-state index in [1.165, 1.54) is 18.2 Å². The van der Waals surface area contributed by atoms with E-state index in [2.05, 4.69) is 17.2 Å². The molecule has 2 aromatic rings. The third-order valence-corrected chi connectivity index (χ3v) is 2.95. The fourth-order valence-corrected chi connectivity index (χ4v) is 1.89. The summed E-state index contributed by atoms with van der Waals surface area (Å²) in [7, 11) is 0. The zero-order valence-electron chi connectivity index (χ0n) is 11.8. The number of hydrogen-bond donors (Lipinski definition) is 2. The Labute approximate surface area is 127 Å². The van der Waals surface area contributed by atoms with Crippen molar-refractivity contribution < 1.29 is 14.0 Å². The summed E-state index contributed by atoms with van der Waals surface area (Å²) in [5.74, 6) is -1.57. The molecule has 2 N–H and O–H groups in total. The van der Waals surface area contributed by atoms with Crippen LogP contribution in [0.1, 0.15) is 20.7 Å². The van der Waals surface area contributed by atoms with Crippen LogP contribution in [0.3, 0.4) is 0 Å². The number of carbonyl (C=O) groups excluding carboxylic acids is 2. The Kier molecular flexibility index (Phi) is 5.03. The largest absolute Gasteiger partial charge is 0.349 e. The van der Waals surface area contributed by atoms with Crippen molar-refractivity contribution in [1.82, 2.24) is 5.32 Å². The van der Waals surface area contributed by atoms with Crippen LogP contribution in [0.25, 0.3) is 0 Å². The molecule has 0 aliphatic rings. The fraction of sp³-hybridized carbons (Fsp3) is 0.0588. The molecule has 0 aromatic heterocycles. The highest BCUT2D eigenvalue weighted by Gasteiger charge is 2.15. The Hall–Kier alpha value is -2.95. The van der Waals surface area contributed by atoms with E-state index < -0.39 is 11.7 Å².